The van der Waals surface area contributed by atoms with Crippen LogP contribution in [0.1, 0.15) is 11.6 Å². The third-order valence-electron chi connectivity index (χ3n) is 4.30. The minimum Gasteiger partial charge on any atom is -0.366 e. The molecule has 0 fully saturated rings. The number of fused-ring (bicyclic) bond motifs is 1. The van der Waals surface area contributed by atoms with Crippen LogP contribution in [0.2, 0.25) is 0 Å². The van der Waals surface area contributed by atoms with Crippen molar-refractivity contribution in [3.63, 3.8) is 0 Å². The van der Waals surface area contributed by atoms with Gasteiger partial charge in [-0.25, -0.2) is 9.07 Å². The smallest absolute Gasteiger partial charge is 0.274 e. The van der Waals surface area contributed by atoms with Crippen molar-refractivity contribution in [3.05, 3.63) is 70.3 Å². The molecule has 1 heterocycles. The fourth-order valence-electron chi connectivity index (χ4n) is 2.91. The molecule has 0 amide bonds. The first-order valence-corrected chi connectivity index (χ1v) is 8.09. The van der Waals surface area contributed by atoms with Crippen molar-refractivity contribution >= 4 is 16.6 Å². The fourth-order valence-corrected chi connectivity index (χ4v) is 2.91. The van der Waals surface area contributed by atoms with E-state index in [1.165, 1.54) is 16.8 Å². The molecular weight excluding hydrogens is 319 g/mol. The number of hydrogen-bond acceptors (Lipinski definition) is 4. The van der Waals surface area contributed by atoms with Crippen LogP contribution in [0.25, 0.3) is 10.8 Å². The molecule has 130 valence electrons. The zero-order chi connectivity index (χ0) is 18.0. The highest BCUT2D eigenvalue weighted by atomic mass is 19.1. The number of nitrogens with zero attached hydrogens (tertiary/aromatic N) is 3. The van der Waals surface area contributed by atoms with Crippen molar-refractivity contribution in [1.29, 1.82) is 0 Å². The van der Waals surface area contributed by atoms with Crippen LogP contribution in [-0.4, -0.2) is 35.3 Å². The highest BCUT2D eigenvalue weighted by Gasteiger charge is 2.16. The molecule has 25 heavy (non-hydrogen) atoms. The van der Waals surface area contributed by atoms with E-state index in [0.29, 0.717) is 17.7 Å². The molecule has 1 aromatic heterocycles. The van der Waals surface area contributed by atoms with Gasteiger partial charge in [0.25, 0.3) is 5.56 Å². The number of likely N-dealkylation sites (N-methyl/N-ethyl adjacent to an activating group) is 1. The van der Waals surface area contributed by atoms with Crippen molar-refractivity contribution in [2.24, 2.45) is 7.05 Å². The van der Waals surface area contributed by atoms with Crippen molar-refractivity contribution < 1.29 is 4.39 Å². The molecule has 3 aromatic rings. The quantitative estimate of drug-likeness (QED) is 0.776. The summed E-state index contributed by atoms with van der Waals surface area (Å²) in [5.41, 5.74) is 0.886. The first-order valence-electron chi connectivity index (χ1n) is 8.09. The van der Waals surface area contributed by atoms with Gasteiger partial charge in [0.1, 0.15) is 5.82 Å². The molecule has 0 radical (unpaired) electrons. The molecule has 1 atom stereocenters. The second kappa shape index (κ2) is 7.03. The molecule has 6 heteroatoms. The lowest BCUT2D eigenvalue weighted by molar-refractivity contribution is 0.311. The van der Waals surface area contributed by atoms with Gasteiger partial charge in [-0.15, -0.1) is 0 Å². The highest BCUT2D eigenvalue weighted by Crippen LogP contribution is 2.22. The Morgan fingerprint density at radius 2 is 1.76 bits per heavy atom. The van der Waals surface area contributed by atoms with Gasteiger partial charge in [0.05, 0.1) is 11.4 Å². The topological polar surface area (TPSA) is 50.2 Å². The molecule has 1 unspecified atom stereocenters. The first-order chi connectivity index (χ1) is 12.0. The summed E-state index contributed by atoms with van der Waals surface area (Å²) in [4.78, 5) is 14.3. The molecule has 0 saturated heterocycles. The number of nitrogens with one attached hydrogen (secondary N) is 1. The van der Waals surface area contributed by atoms with E-state index in [2.05, 4.69) is 15.3 Å². The maximum atomic E-state index is 13.2. The summed E-state index contributed by atoms with van der Waals surface area (Å²) in [5, 5.41) is 9.12. The van der Waals surface area contributed by atoms with E-state index in [4.69, 9.17) is 0 Å². The van der Waals surface area contributed by atoms with Gasteiger partial charge < -0.3 is 10.2 Å². The van der Waals surface area contributed by atoms with Crippen molar-refractivity contribution in [2.75, 3.05) is 26.0 Å². The molecular formula is C19H21FN4O. The Balaban J connectivity index is 1.91. The standard InChI is InChI=1S/C19H21FN4O/c1-23(2)17(13-8-10-14(20)11-9-13)12-21-18-15-6-4-5-7-16(15)19(25)24(3)22-18/h4-11,17H,12H2,1-3H3,(H,21,22). The number of halogens is 1. The Kier molecular flexibility index (Phi) is 4.81. The lowest BCUT2D eigenvalue weighted by Gasteiger charge is -2.25. The summed E-state index contributed by atoms with van der Waals surface area (Å²) in [6, 6.07) is 14.0. The monoisotopic (exact) mass is 340 g/mol. The third-order valence-corrected chi connectivity index (χ3v) is 4.30. The van der Waals surface area contributed by atoms with E-state index in [9.17, 15) is 9.18 Å². The number of hydrogen-bond donors (Lipinski definition) is 1. The van der Waals surface area contributed by atoms with E-state index in [1.54, 1.807) is 25.2 Å². The number of rotatable bonds is 5. The first kappa shape index (κ1) is 17.1. The van der Waals surface area contributed by atoms with Gasteiger partial charge >= 0.3 is 0 Å². The van der Waals surface area contributed by atoms with Crippen molar-refractivity contribution in [3.8, 4) is 0 Å². The molecule has 5 nitrogen and oxygen atoms in total. The third kappa shape index (κ3) is 3.53. The lowest BCUT2D eigenvalue weighted by Crippen LogP contribution is -2.28. The number of benzene rings is 2. The molecule has 0 bridgehead atoms. The highest BCUT2D eigenvalue weighted by molar-refractivity contribution is 5.90. The van der Waals surface area contributed by atoms with Crippen LogP contribution in [-0.2, 0) is 7.05 Å². The Morgan fingerprint density at radius 1 is 1.12 bits per heavy atom. The van der Waals surface area contributed by atoms with Gasteiger partial charge in [0.2, 0.25) is 0 Å². The van der Waals surface area contributed by atoms with Gasteiger partial charge in [0.15, 0.2) is 5.82 Å². The minimum absolute atomic E-state index is 0.0402. The number of aryl methyl sites for hydroxylation is 1. The van der Waals surface area contributed by atoms with Gasteiger partial charge in [-0.1, -0.05) is 30.3 Å². The lowest BCUT2D eigenvalue weighted by atomic mass is 10.1. The molecule has 0 aliphatic carbocycles. The summed E-state index contributed by atoms with van der Waals surface area (Å²) in [7, 11) is 5.59. The largest absolute Gasteiger partial charge is 0.366 e. The average molecular weight is 340 g/mol. The normalized spacial score (nSPS) is 12.5. The predicted octanol–water partition coefficient (Wildman–Crippen LogP) is 2.79. The summed E-state index contributed by atoms with van der Waals surface area (Å²) >= 11 is 0. The van der Waals surface area contributed by atoms with Gasteiger partial charge in [0, 0.05) is 19.0 Å². The molecule has 2 aromatic carbocycles. The Morgan fingerprint density at radius 3 is 2.40 bits per heavy atom. The molecule has 0 aliphatic heterocycles. The van der Waals surface area contributed by atoms with Gasteiger partial charge in [-0.2, -0.15) is 5.10 Å². The van der Waals surface area contributed by atoms with Crippen LogP contribution in [0, 0.1) is 5.82 Å². The maximum absolute atomic E-state index is 13.2. The van der Waals surface area contributed by atoms with Crippen molar-refractivity contribution in [1.82, 2.24) is 14.7 Å². The van der Waals surface area contributed by atoms with Crippen LogP contribution in [0.4, 0.5) is 10.2 Å². The fraction of sp³-hybridized carbons (Fsp3) is 0.263. The summed E-state index contributed by atoms with van der Waals surface area (Å²) < 4.78 is 14.5. The van der Waals surface area contributed by atoms with E-state index >= 15 is 0 Å². The predicted molar refractivity (Wildman–Crippen MR) is 98.3 cm³/mol. The average Bonchev–Trinajstić information content (AvgIpc) is 2.60. The van der Waals surface area contributed by atoms with E-state index in [0.717, 1.165) is 10.9 Å². The van der Waals surface area contributed by atoms with Crippen LogP contribution in [0.15, 0.2) is 53.3 Å². The second-order valence-corrected chi connectivity index (χ2v) is 6.23. The van der Waals surface area contributed by atoms with E-state index in [1.807, 2.05) is 32.3 Å². The molecule has 3 rings (SSSR count). The Bertz CT molecular complexity index is 934. The van der Waals surface area contributed by atoms with E-state index < -0.39 is 0 Å². The zero-order valence-electron chi connectivity index (χ0n) is 14.5. The van der Waals surface area contributed by atoms with Crippen LogP contribution in [0.5, 0.6) is 0 Å². The second-order valence-electron chi connectivity index (χ2n) is 6.23. The van der Waals surface area contributed by atoms with Crippen molar-refractivity contribution in [2.45, 2.75) is 6.04 Å². The maximum Gasteiger partial charge on any atom is 0.274 e. The van der Waals surface area contributed by atoms with Crippen LogP contribution in [0.3, 0.4) is 0 Å². The van der Waals surface area contributed by atoms with Crippen LogP contribution < -0.4 is 10.9 Å². The van der Waals surface area contributed by atoms with E-state index in [-0.39, 0.29) is 17.4 Å². The minimum atomic E-state index is -0.250. The molecule has 0 aliphatic rings. The Hall–Kier alpha value is -2.73. The Labute approximate surface area is 145 Å². The number of anilines is 1. The van der Waals surface area contributed by atoms with Gasteiger partial charge in [-0.3, -0.25) is 4.79 Å². The van der Waals surface area contributed by atoms with Crippen LogP contribution >= 0.6 is 0 Å². The molecule has 1 N–H and O–H groups in total. The molecule has 0 spiro atoms. The zero-order valence-corrected chi connectivity index (χ0v) is 14.5. The number of aromatic nitrogens is 2. The summed E-state index contributed by atoms with van der Waals surface area (Å²) in [6.07, 6.45) is 0. The summed E-state index contributed by atoms with van der Waals surface area (Å²) in [5.74, 6) is 0.409. The SMILES string of the molecule is CN(C)C(CNc1nn(C)c(=O)c2ccccc12)c1ccc(F)cc1. The molecule has 0 saturated carbocycles. The summed E-state index contributed by atoms with van der Waals surface area (Å²) in [6.45, 7) is 0.577. The van der Waals surface area contributed by atoms with Gasteiger partial charge in [-0.05, 0) is 37.9 Å².